The summed E-state index contributed by atoms with van der Waals surface area (Å²) in [5.41, 5.74) is 1.74. The van der Waals surface area contributed by atoms with E-state index in [0.29, 0.717) is 0 Å². The molecule has 0 atom stereocenters. The molecule has 0 aliphatic carbocycles. The van der Waals surface area contributed by atoms with Crippen molar-refractivity contribution in [3.8, 4) is 0 Å². The average molecular weight is 169 g/mol. The van der Waals surface area contributed by atoms with Crippen molar-refractivity contribution in [2.75, 3.05) is 0 Å². The molecule has 0 saturated carbocycles. The first-order valence-corrected chi connectivity index (χ1v) is 4.15. The van der Waals surface area contributed by atoms with Gasteiger partial charge in [-0.25, -0.2) is 4.98 Å². The van der Waals surface area contributed by atoms with Crippen molar-refractivity contribution in [3.05, 3.63) is 42.8 Å². The highest BCUT2D eigenvalue weighted by Crippen LogP contribution is 2.21. The van der Waals surface area contributed by atoms with Crippen molar-refractivity contribution in [2.24, 2.45) is 0 Å². The van der Waals surface area contributed by atoms with Gasteiger partial charge in [-0.3, -0.25) is 0 Å². The number of benzene rings is 1. The first-order chi connectivity index (χ1) is 6.43. The van der Waals surface area contributed by atoms with Gasteiger partial charge in [0.1, 0.15) is 11.8 Å². The number of hydrogen-bond acceptors (Lipinski definition) is 2. The van der Waals surface area contributed by atoms with Crippen LogP contribution in [0.15, 0.2) is 47.2 Å². The first kappa shape index (κ1) is 6.66. The Morgan fingerprint density at radius 1 is 1.08 bits per heavy atom. The summed E-state index contributed by atoms with van der Waals surface area (Å²) in [6, 6.07) is 10.2. The van der Waals surface area contributed by atoms with Crippen molar-refractivity contribution in [1.82, 2.24) is 4.98 Å². The zero-order valence-corrected chi connectivity index (χ0v) is 6.90. The second kappa shape index (κ2) is 2.33. The van der Waals surface area contributed by atoms with E-state index in [2.05, 4.69) is 17.1 Å². The molecule has 0 spiro atoms. The van der Waals surface area contributed by atoms with Crippen LogP contribution in [0.1, 0.15) is 0 Å². The molecule has 0 saturated heterocycles. The van der Waals surface area contributed by atoms with Gasteiger partial charge in [0.2, 0.25) is 0 Å². The van der Waals surface area contributed by atoms with Crippen molar-refractivity contribution in [2.45, 2.75) is 0 Å². The number of nitrogens with zero attached hydrogens (tertiary/aromatic N) is 1. The average Bonchev–Trinajstić information content (AvgIpc) is 2.61. The second-order valence-electron chi connectivity index (χ2n) is 3.01. The molecule has 62 valence electrons. The minimum Gasteiger partial charge on any atom is -0.461 e. The van der Waals surface area contributed by atoms with Gasteiger partial charge in [-0.15, -0.1) is 0 Å². The molecule has 1 heterocycles. The lowest BCUT2D eigenvalue weighted by Gasteiger charge is -1.95. The van der Waals surface area contributed by atoms with E-state index in [1.165, 1.54) is 10.8 Å². The number of fused-ring (bicyclic) bond motifs is 2. The van der Waals surface area contributed by atoms with Gasteiger partial charge >= 0.3 is 0 Å². The Kier molecular flexibility index (Phi) is 1.19. The molecule has 2 aromatic carbocycles. The molecular formula is C11H7NO. The Labute approximate surface area is 74.8 Å². The smallest absolute Gasteiger partial charge is 0.152 e. The van der Waals surface area contributed by atoms with Crippen molar-refractivity contribution < 1.29 is 4.42 Å². The van der Waals surface area contributed by atoms with Crippen molar-refractivity contribution in [1.29, 1.82) is 0 Å². The molecule has 2 nitrogen and oxygen atoms in total. The van der Waals surface area contributed by atoms with E-state index >= 15 is 0 Å². The van der Waals surface area contributed by atoms with Gasteiger partial charge in [0.15, 0.2) is 5.58 Å². The highest BCUT2D eigenvalue weighted by atomic mass is 16.3. The highest BCUT2D eigenvalue weighted by Gasteiger charge is 1.99. The van der Waals surface area contributed by atoms with E-state index in [-0.39, 0.29) is 0 Å². The molecule has 0 unspecified atom stereocenters. The molecular weight excluding hydrogens is 162 g/mol. The van der Waals surface area contributed by atoms with Crippen molar-refractivity contribution in [3.63, 3.8) is 0 Å². The third-order valence-electron chi connectivity index (χ3n) is 2.19. The molecule has 0 N–H and O–H groups in total. The maximum Gasteiger partial charge on any atom is 0.152 e. The summed E-state index contributed by atoms with van der Waals surface area (Å²) in [4.78, 5) is 4.22. The SMILES string of the molecule is c1cc2cc3nccoc3cc2c1. The molecule has 13 heavy (non-hydrogen) atoms. The minimum atomic E-state index is 0.834. The Morgan fingerprint density at radius 2 is 1.92 bits per heavy atom. The van der Waals surface area contributed by atoms with Gasteiger partial charge in [0, 0.05) is 0 Å². The van der Waals surface area contributed by atoms with Crippen molar-refractivity contribution >= 4 is 21.9 Å². The fraction of sp³-hybridized carbons (Fsp3) is 0. The second-order valence-corrected chi connectivity index (χ2v) is 3.01. The summed E-state index contributed by atoms with van der Waals surface area (Å²) in [6.45, 7) is 0. The minimum absolute atomic E-state index is 0.834. The number of hydrogen-bond donors (Lipinski definition) is 0. The molecule has 0 radical (unpaired) electrons. The Balaban J connectivity index is 2.57. The van der Waals surface area contributed by atoms with Crippen LogP contribution in [0, 0.1) is 0 Å². The lowest BCUT2D eigenvalue weighted by molar-refractivity contribution is 0.598. The monoisotopic (exact) mass is 169 g/mol. The van der Waals surface area contributed by atoms with E-state index in [4.69, 9.17) is 4.42 Å². The van der Waals surface area contributed by atoms with E-state index in [0.717, 1.165) is 11.1 Å². The lowest BCUT2D eigenvalue weighted by atomic mass is 10.2. The normalized spacial score (nSPS) is 11.1. The fourth-order valence-electron chi connectivity index (χ4n) is 1.55. The van der Waals surface area contributed by atoms with Crippen LogP contribution < -0.4 is 0 Å². The molecule has 0 aliphatic heterocycles. The highest BCUT2D eigenvalue weighted by molar-refractivity contribution is 5.94. The van der Waals surface area contributed by atoms with Crippen LogP contribution in [-0.4, -0.2) is 4.98 Å². The van der Waals surface area contributed by atoms with Gasteiger partial charge in [-0.2, -0.15) is 0 Å². The molecule has 3 aromatic rings. The zero-order valence-electron chi connectivity index (χ0n) is 6.90. The molecule has 0 amide bonds. The van der Waals surface area contributed by atoms with Gasteiger partial charge in [-0.1, -0.05) is 18.2 Å². The Morgan fingerprint density at radius 3 is 2.85 bits per heavy atom. The van der Waals surface area contributed by atoms with Crippen LogP contribution in [0.25, 0.3) is 21.9 Å². The number of rotatable bonds is 0. The van der Waals surface area contributed by atoms with Crippen LogP contribution in [0.4, 0.5) is 0 Å². The largest absolute Gasteiger partial charge is 0.461 e. The standard InChI is InChI=1S/C11H7NO/c1-2-8-6-10-11(7-9(8)3-1)13-5-4-12-10/h1-7H. The van der Waals surface area contributed by atoms with E-state index < -0.39 is 0 Å². The summed E-state index contributed by atoms with van der Waals surface area (Å²) in [7, 11) is 0. The van der Waals surface area contributed by atoms with Gasteiger partial charge < -0.3 is 4.42 Å². The predicted octanol–water partition coefficient (Wildman–Crippen LogP) is 2.98. The molecule has 0 fully saturated rings. The fourth-order valence-corrected chi connectivity index (χ4v) is 1.55. The van der Waals surface area contributed by atoms with E-state index in [9.17, 15) is 0 Å². The maximum absolute atomic E-state index is 5.33. The molecule has 1 aromatic heterocycles. The third-order valence-corrected chi connectivity index (χ3v) is 2.19. The zero-order chi connectivity index (χ0) is 8.67. The maximum atomic E-state index is 5.33. The van der Waals surface area contributed by atoms with Gasteiger partial charge in [0.25, 0.3) is 0 Å². The lowest BCUT2D eigenvalue weighted by Crippen LogP contribution is -1.75. The Hall–Kier alpha value is -1.83. The molecule has 3 rings (SSSR count). The van der Waals surface area contributed by atoms with Crippen LogP contribution in [0.3, 0.4) is 0 Å². The van der Waals surface area contributed by atoms with Gasteiger partial charge in [0.05, 0.1) is 6.20 Å². The summed E-state index contributed by atoms with van der Waals surface area (Å²) < 4.78 is 5.33. The summed E-state index contributed by atoms with van der Waals surface area (Å²) in [5, 5.41) is 2.41. The summed E-state index contributed by atoms with van der Waals surface area (Å²) >= 11 is 0. The quantitative estimate of drug-likeness (QED) is 0.517. The Bertz CT molecular complexity index is 519. The first-order valence-electron chi connectivity index (χ1n) is 4.15. The van der Waals surface area contributed by atoms with E-state index in [1.54, 1.807) is 12.5 Å². The summed E-state index contributed by atoms with van der Waals surface area (Å²) in [5.74, 6) is 0. The van der Waals surface area contributed by atoms with Crippen LogP contribution in [-0.2, 0) is 0 Å². The van der Waals surface area contributed by atoms with Crippen LogP contribution in [0.5, 0.6) is 0 Å². The molecule has 0 bridgehead atoms. The molecule has 2 heteroatoms. The van der Waals surface area contributed by atoms with Crippen LogP contribution >= 0.6 is 0 Å². The molecule has 0 aliphatic rings. The topological polar surface area (TPSA) is 26.0 Å². The van der Waals surface area contributed by atoms with Gasteiger partial charge in [-0.05, 0) is 22.9 Å². The van der Waals surface area contributed by atoms with E-state index in [1.807, 2.05) is 18.2 Å². The summed E-state index contributed by atoms with van der Waals surface area (Å²) in [6.07, 6.45) is 3.26. The predicted molar refractivity (Wildman–Crippen MR) is 51.5 cm³/mol. The number of aromatic nitrogens is 1. The third kappa shape index (κ3) is 0.920. The van der Waals surface area contributed by atoms with Crippen LogP contribution in [0.2, 0.25) is 0 Å².